The van der Waals surface area contributed by atoms with Gasteiger partial charge in [0.05, 0.1) is 10.7 Å². The van der Waals surface area contributed by atoms with Crippen molar-refractivity contribution in [2.45, 2.75) is 6.92 Å². The Morgan fingerprint density at radius 2 is 1.94 bits per heavy atom. The molecule has 0 amide bonds. The van der Waals surface area contributed by atoms with E-state index in [2.05, 4.69) is 4.98 Å². The Balaban J connectivity index is 2.67. The summed E-state index contributed by atoms with van der Waals surface area (Å²) in [7, 11) is 0. The molecule has 1 heterocycles. The molecule has 0 saturated carbocycles. The van der Waals surface area contributed by atoms with Gasteiger partial charge in [0.25, 0.3) is 0 Å². The lowest BCUT2D eigenvalue weighted by Gasteiger charge is -2.07. The SMILES string of the molecule is Cc1c(F)ccnc1-c1cc(Cl)ccc1Cl. The second-order valence-corrected chi connectivity index (χ2v) is 4.23. The summed E-state index contributed by atoms with van der Waals surface area (Å²) in [6.07, 6.45) is 1.41. The molecule has 2 aromatic rings. The first-order valence-electron chi connectivity index (χ1n) is 4.66. The van der Waals surface area contributed by atoms with Crippen molar-refractivity contribution in [1.29, 1.82) is 0 Å². The third-order valence-electron chi connectivity index (χ3n) is 2.32. The summed E-state index contributed by atoms with van der Waals surface area (Å²) < 4.78 is 13.4. The van der Waals surface area contributed by atoms with Crippen molar-refractivity contribution in [3.63, 3.8) is 0 Å². The van der Waals surface area contributed by atoms with Gasteiger partial charge in [-0.05, 0) is 31.2 Å². The molecule has 0 N–H and O–H groups in total. The third-order valence-corrected chi connectivity index (χ3v) is 2.89. The van der Waals surface area contributed by atoms with E-state index in [4.69, 9.17) is 23.2 Å². The molecule has 0 radical (unpaired) electrons. The zero-order valence-electron chi connectivity index (χ0n) is 8.47. The Hall–Kier alpha value is -1.12. The molecule has 0 fully saturated rings. The molecule has 0 aliphatic heterocycles. The largest absolute Gasteiger partial charge is 0.256 e. The van der Waals surface area contributed by atoms with E-state index >= 15 is 0 Å². The molecule has 1 aromatic heterocycles. The maximum Gasteiger partial charge on any atom is 0.129 e. The van der Waals surface area contributed by atoms with E-state index in [1.165, 1.54) is 12.3 Å². The van der Waals surface area contributed by atoms with Gasteiger partial charge in [-0.15, -0.1) is 0 Å². The van der Waals surface area contributed by atoms with Crippen LogP contribution in [0.4, 0.5) is 4.39 Å². The van der Waals surface area contributed by atoms with E-state index in [9.17, 15) is 4.39 Å². The third kappa shape index (κ3) is 2.04. The number of hydrogen-bond acceptors (Lipinski definition) is 1. The highest BCUT2D eigenvalue weighted by Gasteiger charge is 2.11. The molecule has 1 nitrogen and oxygen atoms in total. The average molecular weight is 256 g/mol. The molecule has 82 valence electrons. The second-order valence-electron chi connectivity index (χ2n) is 3.39. The molecular weight excluding hydrogens is 248 g/mol. The summed E-state index contributed by atoms with van der Waals surface area (Å²) in [6, 6.07) is 6.35. The van der Waals surface area contributed by atoms with Crippen LogP contribution in [-0.4, -0.2) is 4.98 Å². The van der Waals surface area contributed by atoms with Gasteiger partial charge in [-0.2, -0.15) is 0 Å². The highest BCUT2D eigenvalue weighted by atomic mass is 35.5. The van der Waals surface area contributed by atoms with Crippen molar-refractivity contribution < 1.29 is 4.39 Å². The van der Waals surface area contributed by atoms with Gasteiger partial charge in [-0.3, -0.25) is 4.98 Å². The van der Waals surface area contributed by atoms with Crippen molar-refractivity contribution in [3.8, 4) is 11.3 Å². The number of pyridine rings is 1. The Morgan fingerprint density at radius 1 is 1.19 bits per heavy atom. The quantitative estimate of drug-likeness (QED) is 0.731. The Labute approximate surface area is 103 Å². The molecule has 16 heavy (non-hydrogen) atoms. The minimum absolute atomic E-state index is 0.305. The van der Waals surface area contributed by atoms with Crippen molar-refractivity contribution in [2.75, 3.05) is 0 Å². The molecule has 0 unspecified atom stereocenters. The van der Waals surface area contributed by atoms with E-state index in [-0.39, 0.29) is 5.82 Å². The Kier molecular flexibility index (Phi) is 3.13. The summed E-state index contributed by atoms with van der Waals surface area (Å²) in [4.78, 5) is 4.13. The van der Waals surface area contributed by atoms with Crippen LogP contribution in [0.15, 0.2) is 30.5 Å². The topological polar surface area (TPSA) is 12.9 Å². The lowest BCUT2D eigenvalue weighted by atomic mass is 10.1. The first-order valence-corrected chi connectivity index (χ1v) is 5.41. The highest BCUT2D eigenvalue weighted by Crippen LogP contribution is 2.31. The van der Waals surface area contributed by atoms with Gasteiger partial charge in [-0.1, -0.05) is 23.2 Å². The van der Waals surface area contributed by atoms with E-state index in [0.29, 0.717) is 26.9 Å². The first kappa shape index (κ1) is 11.4. The Bertz CT molecular complexity index is 541. The smallest absolute Gasteiger partial charge is 0.129 e. The molecule has 4 heteroatoms. The monoisotopic (exact) mass is 255 g/mol. The molecular formula is C12H8Cl2FN. The fraction of sp³-hybridized carbons (Fsp3) is 0.0833. The molecule has 1 aromatic carbocycles. The second kappa shape index (κ2) is 4.40. The molecule has 0 spiro atoms. The summed E-state index contributed by atoms with van der Waals surface area (Å²) in [5, 5.41) is 1.05. The molecule has 0 aliphatic carbocycles. The van der Waals surface area contributed by atoms with E-state index < -0.39 is 0 Å². The minimum Gasteiger partial charge on any atom is -0.256 e. The van der Waals surface area contributed by atoms with Gasteiger partial charge < -0.3 is 0 Å². The molecule has 0 atom stereocenters. The summed E-state index contributed by atoms with van der Waals surface area (Å²) in [5.74, 6) is -0.305. The van der Waals surface area contributed by atoms with Crippen molar-refractivity contribution >= 4 is 23.2 Å². The van der Waals surface area contributed by atoms with E-state index in [1.54, 1.807) is 25.1 Å². The van der Waals surface area contributed by atoms with Crippen LogP contribution in [-0.2, 0) is 0 Å². The standard InChI is InChI=1S/C12H8Cl2FN/c1-7-11(15)4-5-16-12(7)9-6-8(13)2-3-10(9)14/h2-6H,1H3. The number of halogens is 3. The summed E-state index contributed by atoms with van der Waals surface area (Å²) >= 11 is 11.9. The van der Waals surface area contributed by atoms with Crippen molar-refractivity contribution in [3.05, 3.63) is 51.9 Å². The lowest BCUT2D eigenvalue weighted by molar-refractivity contribution is 0.617. The molecule has 0 bridgehead atoms. The number of aromatic nitrogens is 1. The summed E-state index contributed by atoms with van der Waals surface area (Å²) in [5.41, 5.74) is 1.63. The van der Waals surface area contributed by atoms with Gasteiger partial charge >= 0.3 is 0 Å². The maximum atomic E-state index is 13.4. The van der Waals surface area contributed by atoms with Gasteiger partial charge in [-0.25, -0.2) is 4.39 Å². The van der Waals surface area contributed by atoms with Crippen LogP contribution in [0.25, 0.3) is 11.3 Å². The van der Waals surface area contributed by atoms with Gasteiger partial charge in [0.1, 0.15) is 5.82 Å². The molecule has 0 saturated heterocycles. The predicted octanol–water partition coefficient (Wildman–Crippen LogP) is 4.50. The lowest BCUT2D eigenvalue weighted by Crippen LogP contribution is -1.92. The minimum atomic E-state index is -0.305. The number of hydrogen-bond donors (Lipinski definition) is 0. The first-order chi connectivity index (χ1) is 7.59. The predicted molar refractivity (Wildman–Crippen MR) is 64.4 cm³/mol. The fourth-order valence-corrected chi connectivity index (χ4v) is 1.84. The number of benzene rings is 1. The zero-order chi connectivity index (χ0) is 11.7. The van der Waals surface area contributed by atoms with Crippen LogP contribution in [0.2, 0.25) is 10.0 Å². The van der Waals surface area contributed by atoms with Crippen LogP contribution in [0, 0.1) is 12.7 Å². The van der Waals surface area contributed by atoms with Crippen molar-refractivity contribution in [1.82, 2.24) is 4.98 Å². The van der Waals surface area contributed by atoms with E-state index in [1.807, 2.05) is 0 Å². The van der Waals surface area contributed by atoms with Crippen LogP contribution < -0.4 is 0 Å². The van der Waals surface area contributed by atoms with E-state index in [0.717, 1.165) is 0 Å². The average Bonchev–Trinajstić information content (AvgIpc) is 2.26. The van der Waals surface area contributed by atoms with Crippen LogP contribution >= 0.6 is 23.2 Å². The van der Waals surface area contributed by atoms with Crippen LogP contribution in [0.1, 0.15) is 5.56 Å². The normalized spacial score (nSPS) is 10.5. The maximum absolute atomic E-state index is 13.4. The molecule has 0 aliphatic rings. The Morgan fingerprint density at radius 3 is 2.69 bits per heavy atom. The van der Waals surface area contributed by atoms with Gasteiger partial charge in [0, 0.05) is 22.3 Å². The van der Waals surface area contributed by atoms with Crippen molar-refractivity contribution in [2.24, 2.45) is 0 Å². The fourth-order valence-electron chi connectivity index (χ4n) is 1.46. The van der Waals surface area contributed by atoms with Crippen LogP contribution in [0.3, 0.4) is 0 Å². The van der Waals surface area contributed by atoms with Gasteiger partial charge in [0.2, 0.25) is 0 Å². The van der Waals surface area contributed by atoms with Gasteiger partial charge in [0.15, 0.2) is 0 Å². The highest BCUT2D eigenvalue weighted by molar-refractivity contribution is 6.35. The summed E-state index contributed by atoms with van der Waals surface area (Å²) in [6.45, 7) is 1.66. The number of nitrogens with zero attached hydrogens (tertiary/aromatic N) is 1. The molecule has 2 rings (SSSR count). The number of rotatable bonds is 1. The van der Waals surface area contributed by atoms with Crippen LogP contribution in [0.5, 0.6) is 0 Å². The zero-order valence-corrected chi connectivity index (χ0v) is 9.98.